The molecule has 1 fully saturated rings. The van der Waals surface area contributed by atoms with Crippen LogP contribution in [0, 0.1) is 5.92 Å². The van der Waals surface area contributed by atoms with E-state index in [1.54, 1.807) is 24.4 Å². The number of benzene rings is 1. The summed E-state index contributed by atoms with van der Waals surface area (Å²) in [7, 11) is -3.81. The lowest BCUT2D eigenvalue weighted by Gasteiger charge is -2.35. The molecule has 0 amide bonds. The van der Waals surface area contributed by atoms with Crippen LogP contribution in [0.1, 0.15) is 41.1 Å². The van der Waals surface area contributed by atoms with Crippen LogP contribution in [0.25, 0.3) is 11.8 Å². The van der Waals surface area contributed by atoms with Gasteiger partial charge in [-0.15, -0.1) is 0 Å². The molecular formula is C21H20ClF3N2O3S. The predicted octanol–water partition coefficient (Wildman–Crippen LogP) is 4.89. The number of hydrogen-bond donors (Lipinski definition) is 0. The molecule has 1 saturated heterocycles. The molecule has 0 bridgehead atoms. The van der Waals surface area contributed by atoms with Crippen molar-refractivity contribution < 1.29 is 25.8 Å². The first kappa shape index (κ1) is 22.1. The summed E-state index contributed by atoms with van der Waals surface area (Å²) in [6, 6.07) is 8.24. The average Bonchev–Trinajstić information content (AvgIpc) is 2.82. The van der Waals surface area contributed by atoms with E-state index in [0.717, 1.165) is 31.5 Å². The fraction of sp³-hybridized carbons (Fsp3) is 0.381. The zero-order valence-corrected chi connectivity index (χ0v) is 18.1. The van der Waals surface area contributed by atoms with Crippen molar-refractivity contribution in [3.8, 4) is 0 Å². The molecular weight excluding hydrogens is 453 g/mol. The summed E-state index contributed by atoms with van der Waals surface area (Å²) in [5.41, 5.74) is -3.47. The first-order chi connectivity index (χ1) is 14.6. The highest BCUT2D eigenvalue weighted by Gasteiger charge is 2.49. The molecule has 1 atom stereocenters. The van der Waals surface area contributed by atoms with Gasteiger partial charge in [0.05, 0.1) is 5.69 Å². The minimum absolute atomic E-state index is 0.178. The lowest BCUT2D eigenvalue weighted by Crippen LogP contribution is -2.33. The van der Waals surface area contributed by atoms with Gasteiger partial charge in [0.1, 0.15) is 0 Å². The van der Waals surface area contributed by atoms with Crippen LogP contribution in [0.5, 0.6) is 0 Å². The number of rotatable bonds is 3. The molecule has 0 saturated carbocycles. The van der Waals surface area contributed by atoms with E-state index in [-0.39, 0.29) is 17.4 Å². The van der Waals surface area contributed by atoms with E-state index >= 15 is 0 Å². The van der Waals surface area contributed by atoms with Crippen molar-refractivity contribution in [2.75, 3.05) is 20.1 Å². The van der Waals surface area contributed by atoms with Crippen LogP contribution in [-0.4, -0.2) is 43.9 Å². The maximum Gasteiger partial charge on any atom is 0.534 e. The average molecular weight is 473 g/mol. The van der Waals surface area contributed by atoms with Gasteiger partial charge in [0, 0.05) is 22.7 Å². The topological polar surface area (TPSA) is 59.5 Å². The number of pyridine rings is 1. The van der Waals surface area contributed by atoms with Gasteiger partial charge in [-0.05, 0) is 80.4 Å². The van der Waals surface area contributed by atoms with Crippen LogP contribution in [0.3, 0.4) is 0 Å². The third-order valence-corrected chi connectivity index (χ3v) is 6.99. The Morgan fingerprint density at radius 2 is 1.90 bits per heavy atom. The Morgan fingerprint density at radius 1 is 1.19 bits per heavy atom. The zero-order chi connectivity index (χ0) is 22.4. The van der Waals surface area contributed by atoms with Crippen molar-refractivity contribution in [1.82, 2.24) is 9.88 Å². The molecule has 31 heavy (non-hydrogen) atoms. The number of alkyl halides is 3. The first-order valence-electron chi connectivity index (χ1n) is 9.72. The molecule has 5 nitrogen and oxygen atoms in total. The van der Waals surface area contributed by atoms with Crippen LogP contribution in [-0.2, 0) is 14.3 Å². The SMILES string of the molecule is CN1CCC(C2c3ccc(Cl)cc3C=C(OS(=O)(=O)C(F)(F)F)c3cccnc32)CC1. The minimum Gasteiger partial charge on any atom is -0.375 e. The molecule has 1 unspecified atom stereocenters. The molecule has 1 aromatic heterocycles. The fourth-order valence-electron chi connectivity index (χ4n) is 4.27. The summed E-state index contributed by atoms with van der Waals surface area (Å²) < 4.78 is 67.4. The normalized spacial score (nSPS) is 20.4. The van der Waals surface area contributed by atoms with Crippen molar-refractivity contribution in [2.45, 2.75) is 24.3 Å². The molecule has 0 spiro atoms. The van der Waals surface area contributed by atoms with Crippen molar-refractivity contribution in [1.29, 1.82) is 0 Å². The molecule has 0 radical (unpaired) electrons. The van der Waals surface area contributed by atoms with Gasteiger partial charge < -0.3 is 9.08 Å². The maximum atomic E-state index is 13.0. The summed E-state index contributed by atoms with van der Waals surface area (Å²) in [6.45, 7) is 1.76. The van der Waals surface area contributed by atoms with Crippen LogP contribution >= 0.6 is 11.6 Å². The van der Waals surface area contributed by atoms with Crippen LogP contribution in [0.15, 0.2) is 36.5 Å². The Kier molecular flexibility index (Phi) is 5.78. The summed E-state index contributed by atoms with van der Waals surface area (Å²) in [4.78, 5) is 6.70. The van der Waals surface area contributed by atoms with Crippen molar-refractivity contribution in [3.05, 3.63) is 63.9 Å². The molecule has 166 valence electrons. The number of likely N-dealkylation sites (tertiary alicyclic amines) is 1. The Labute approximate surface area is 183 Å². The van der Waals surface area contributed by atoms with Gasteiger partial charge in [-0.25, -0.2) is 0 Å². The van der Waals surface area contributed by atoms with E-state index in [4.69, 9.17) is 11.6 Å². The third-order valence-electron chi connectivity index (χ3n) is 5.79. The standard InChI is InChI=1S/C21H20ClF3N2O3S/c1-27-9-6-13(7-10-27)19-16-5-4-15(22)11-14(16)12-18(17-3-2-8-26-20(17)19)30-31(28,29)21(23,24)25/h2-5,8,11-13,19H,6-7,9-10H2,1H3. The van der Waals surface area contributed by atoms with E-state index in [1.165, 1.54) is 12.1 Å². The Morgan fingerprint density at radius 3 is 2.58 bits per heavy atom. The maximum absolute atomic E-state index is 13.0. The van der Waals surface area contributed by atoms with Crippen molar-refractivity contribution >= 4 is 33.6 Å². The highest BCUT2D eigenvalue weighted by molar-refractivity contribution is 7.87. The molecule has 2 heterocycles. The monoisotopic (exact) mass is 472 g/mol. The summed E-state index contributed by atoms with van der Waals surface area (Å²) in [6.07, 6.45) is 4.60. The van der Waals surface area contributed by atoms with Crippen LogP contribution in [0.4, 0.5) is 13.2 Å². The molecule has 10 heteroatoms. The number of halogens is 4. The second-order valence-corrected chi connectivity index (χ2v) is 9.79. The summed E-state index contributed by atoms with van der Waals surface area (Å²) in [5.74, 6) is -0.473. The van der Waals surface area contributed by atoms with Crippen molar-refractivity contribution in [3.63, 3.8) is 0 Å². The lowest BCUT2D eigenvalue weighted by molar-refractivity contribution is -0.0509. The summed E-state index contributed by atoms with van der Waals surface area (Å²) in [5, 5.41) is 0.383. The highest BCUT2D eigenvalue weighted by Crippen LogP contribution is 2.45. The smallest absolute Gasteiger partial charge is 0.375 e. The Bertz CT molecular complexity index is 1130. The second-order valence-electron chi connectivity index (χ2n) is 7.82. The molecule has 1 aromatic carbocycles. The molecule has 1 aliphatic carbocycles. The number of fused-ring (bicyclic) bond motifs is 2. The molecule has 1 aliphatic heterocycles. The van der Waals surface area contributed by atoms with Crippen molar-refractivity contribution in [2.24, 2.45) is 5.92 Å². The number of hydrogen-bond acceptors (Lipinski definition) is 5. The fourth-order valence-corrected chi connectivity index (χ4v) is 4.92. The van der Waals surface area contributed by atoms with E-state index in [1.807, 2.05) is 13.1 Å². The second kappa shape index (κ2) is 8.11. The quantitative estimate of drug-likeness (QED) is 0.470. The van der Waals surface area contributed by atoms with Gasteiger partial charge in [0.2, 0.25) is 0 Å². The number of aromatic nitrogens is 1. The van der Waals surface area contributed by atoms with Gasteiger partial charge in [-0.2, -0.15) is 21.6 Å². The van der Waals surface area contributed by atoms with Gasteiger partial charge in [-0.3, -0.25) is 4.98 Å². The zero-order valence-electron chi connectivity index (χ0n) is 16.6. The molecule has 4 rings (SSSR count). The predicted molar refractivity (Wildman–Crippen MR) is 112 cm³/mol. The van der Waals surface area contributed by atoms with E-state index < -0.39 is 21.4 Å². The lowest BCUT2D eigenvalue weighted by atomic mass is 9.76. The minimum atomic E-state index is -5.85. The largest absolute Gasteiger partial charge is 0.534 e. The van der Waals surface area contributed by atoms with Crippen LogP contribution < -0.4 is 0 Å². The number of nitrogens with zero attached hydrogens (tertiary/aromatic N) is 2. The highest BCUT2D eigenvalue weighted by atomic mass is 35.5. The third kappa shape index (κ3) is 4.31. The summed E-state index contributed by atoms with van der Waals surface area (Å²) >= 11 is 6.16. The first-order valence-corrected chi connectivity index (χ1v) is 11.5. The molecule has 2 aliphatic rings. The Balaban J connectivity index is 1.89. The Hall–Kier alpha value is -2.10. The number of piperidine rings is 1. The van der Waals surface area contributed by atoms with E-state index in [9.17, 15) is 21.6 Å². The van der Waals surface area contributed by atoms with E-state index in [2.05, 4.69) is 14.1 Å². The van der Waals surface area contributed by atoms with Gasteiger partial charge in [0.15, 0.2) is 5.76 Å². The molecule has 0 N–H and O–H groups in total. The van der Waals surface area contributed by atoms with Gasteiger partial charge >= 0.3 is 15.6 Å². The van der Waals surface area contributed by atoms with E-state index in [0.29, 0.717) is 16.3 Å². The van der Waals surface area contributed by atoms with Gasteiger partial charge in [0.25, 0.3) is 0 Å². The van der Waals surface area contributed by atoms with Crippen LogP contribution in [0.2, 0.25) is 5.02 Å². The molecule has 2 aromatic rings. The van der Waals surface area contributed by atoms with Gasteiger partial charge in [-0.1, -0.05) is 17.7 Å².